The van der Waals surface area contributed by atoms with Gasteiger partial charge in [-0.25, -0.2) is 9.78 Å². The van der Waals surface area contributed by atoms with Crippen molar-refractivity contribution in [3.05, 3.63) is 109 Å². The zero-order valence-corrected chi connectivity index (χ0v) is 24.1. The van der Waals surface area contributed by atoms with E-state index >= 15 is 0 Å². The molecule has 41 heavy (non-hydrogen) atoms. The lowest BCUT2D eigenvalue weighted by molar-refractivity contribution is 0.181. The summed E-state index contributed by atoms with van der Waals surface area (Å²) in [5, 5.41) is 4.89. The van der Waals surface area contributed by atoms with E-state index in [4.69, 9.17) is 17.2 Å². The lowest BCUT2D eigenvalue weighted by Crippen LogP contribution is -2.51. The number of amides is 2. The predicted octanol–water partition coefficient (Wildman–Crippen LogP) is 7.30. The molecule has 0 unspecified atom stereocenters. The van der Waals surface area contributed by atoms with E-state index in [1.54, 1.807) is 0 Å². The summed E-state index contributed by atoms with van der Waals surface area (Å²) in [7, 11) is 3.99. The summed E-state index contributed by atoms with van der Waals surface area (Å²) in [6, 6.07) is 32.8. The molecule has 1 fully saturated rings. The van der Waals surface area contributed by atoms with Crippen LogP contribution in [0.25, 0.3) is 27.9 Å². The molecule has 1 saturated heterocycles. The number of pyridine rings is 1. The molecule has 2 aromatic heterocycles. The number of carbonyl (C=O) groups is 1. The maximum absolute atomic E-state index is 13.4. The summed E-state index contributed by atoms with van der Waals surface area (Å²) in [6.45, 7) is 1.14. The summed E-state index contributed by atoms with van der Waals surface area (Å²) in [5.74, 6) is 0.873. The second-order valence-corrected chi connectivity index (χ2v) is 11.1. The van der Waals surface area contributed by atoms with Gasteiger partial charge in [-0.1, -0.05) is 72.9 Å². The number of imidazole rings is 1. The number of likely N-dealkylation sites (tertiary alicyclic amines) is 1. The van der Waals surface area contributed by atoms with E-state index in [1.807, 2.05) is 77.9 Å². The van der Waals surface area contributed by atoms with Crippen LogP contribution in [0.3, 0.4) is 0 Å². The average Bonchev–Trinajstić information content (AvgIpc) is 3.42. The highest BCUT2D eigenvalue weighted by Gasteiger charge is 2.41. The number of rotatable bonds is 6. The van der Waals surface area contributed by atoms with Gasteiger partial charge in [0.1, 0.15) is 5.82 Å². The number of piperidine rings is 1. The number of hydrogen-bond acceptors (Lipinski definition) is 4. The van der Waals surface area contributed by atoms with E-state index in [-0.39, 0.29) is 6.03 Å². The number of benzene rings is 3. The van der Waals surface area contributed by atoms with Gasteiger partial charge in [-0.15, -0.1) is 0 Å². The Kier molecular flexibility index (Phi) is 7.28. The van der Waals surface area contributed by atoms with Gasteiger partial charge in [0, 0.05) is 50.3 Å². The Morgan fingerprint density at radius 3 is 2.29 bits per heavy atom. The van der Waals surface area contributed by atoms with Crippen molar-refractivity contribution < 1.29 is 4.79 Å². The van der Waals surface area contributed by atoms with Crippen molar-refractivity contribution in [3.63, 3.8) is 0 Å². The molecule has 2 amide bonds. The van der Waals surface area contributed by atoms with Crippen LogP contribution >= 0.6 is 12.2 Å². The maximum atomic E-state index is 13.4. The van der Waals surface area contributed by atoms with Crippen molar-refractivity contribution in [2.45, 2.75) is 18.3 Å². The van der Waals surface area contributed by atoms with Gasteiger partial charge >= 0.3 is 6.03 Å². The topological polar surface area (TPSA) is 52.9 Å². The molecule has 5 aromatic rings. The lowest BCUT2D eigenvalue weighted by Gasteiger charge is -2.39. The Hall–Kier alpha value is -4.49. The molecule has 1 atom stereocenters. The predicted molar refractivity (Wildman–Crippen MR) is 172 cm³/mol. The number of hydrogen-bond donors (Lipinski definition) is 1. The molecule has 1 N–H and O–H groups in total. The number of carbonyl (C=O) groups excluding carboxylic acids is 1. The zero-order valence-electron chi connectivity index (χ0n) is 23.3. The Balaban J connectivity index is 1.30. The third-order valence-corrected chi connectivity index (χ3v) is 8.38. The highest BCUT2D eigenvalue weighted by Crippen LogP contribution is 2.37. The molecule has 1 aliphatic rings. The van der Waals surface area contributed by atoms with Crippen LogP contribution < -0.4 is 10.2 Å². The Bertz CT molecular complexity index is 1680. The average molecular weight is 560 g/mol. The summed E-state index contributed by atoms with van der Waals surface area (Å²) in [4.78, 5) is 22.5. The van der Waals surface area contributed by atoms with E-state index in [2.05, 4.69) is 64.3 Å². The largest absolute Gasteiger partial charge is 0.378 e. The van der Waals surface area contributed by atoms with Gasteiger partial charge < -0.3 is 19.5 Å². The molecule has 0 radical (unpaired) electrons. The number of thiocarbonyl (C=S) groups is 1. The van der Waals surface area contributed by atoms with Crippen molar-refractivity contribution in [2.24, 2.45) is 0 Å². The number of nitrogens with one attached hydrogen (secondary N) is 1. The smallest absolute Gasteiger partial charge is 0.321 e. The van der Waals surface area contributed by atoms with Crippen LogP contribution in [0.4, 0.5) is 16.2 Å². The van der Waals surface area contributed by atoms with Crippen LogP contribution in [0.5, 0.6) is 0 Å². The summed E-state index contributed by atoms with van der Waals surface area (Å²) >= 11 is 5.69. The van der Waals surface area contributed by atoms with Crippen LogP contribution in [0.15, 0.2) is 103 Å². The Labute approximate surface area is 246 Å². The van der Waals surface area contributed by atoms with E-state index < -0.39 is 5.41 Å². The fraction of sp³-hybridized carbons (Fsp3) is 0.206. The Morgan fingerprint density at radius 2 is 1.59 bits per heavy atom. The molecular formula is C34H33N5OS. The first-order chi connectivity index (χ1) is 20.0. The van der Waals surface area contributed by atoms with Gasteiger partial charge in [0.2, 0.25) is 0 Å². The van der Waals surface area contributed by atoms with Crippen LogP contribution in [0.1, 0.15) is 18.7 Å². The normalized spacial score (nSPS) is 16.9. The molecule has 0 saturated carbocycles. The van der Waals surface area contributed by atoms with Gasteiger partial charge in [0.15, 0.2) is 0 Å². The third-order valence-electron chi connectivity index (χ3n) is 7.93. The summed E-state index contributed by atoms with van der Waals surface area (Å²) in [6.07, 6.45) is 3.71. The van der Waals surface area contributed by atoms with Crippen molar-refractivity contribution in [2.75, 3.05) is 37.4 Å². The van der Waals surface area contributed by atoms with Gasteiger partial charge in [0.05, 0.1) is 16.6 Å². The fourth-order valence-electron chi connectivity index (χ4n) is 5.69. The molecule has 206 valence electrons. The molecule has 0 aliphatic carbocycles. The first kappa shape index (κ1) is 26.7. The summed E-state index contributed by atoms with van der Waals surface area (Å²) < 4.78 is 2.14. The highest BCUT2D eigenvalue weighted by atomic mass is 32.1. The second-order valence-electron chi connectivity index (χ2n) is 10.9. The summed E-state index contributed by atoms with van der Waals surface area (Å²) in [5.41, 5.74) is 6.64. The second kappa shape index (κ2) is 11.2. The number of aromatic nitrogens is 2. The Morgan fingerprint density at radius 1 is 0.902 bits per heavy atom. The standard InChI is InChI=1S/C34H33N5OS/c1-37(2)29-18-16-28(17-19-29)35-33(40)38-21-8-20-34(23-38,24-41)32-36-31(30-11-6-7-22-39(30)32)27-14-12-26(13-15-27)25-9-4-3-5-10-25/h3-7,9-19,22,24H,8,20-21,23H2,1-2H3,(H,35,40)/t34-/m0/s1. The molecule has 7 heteroatoms. The van der Waals surface area contributed by atoms with Gasteiger partial charge in [0.25, 0.3) is 0 Å². The minimum Gasteiger partial charge on any atom is -0.378 e. The van der Waals surface area contributed by atoms with Crippen LogP contribution in [-0.2, 0) is 5.41 Å². The first-order valence-corrected chi connectivity index (χ1v) is 14.4. The van der Waals surface area contributed by atoms with Crippen molar-refractivity contribution in [1.82, 2.24) is 14.3 Å². The molecule has 3 heterocycles. The minimum absolute atomic E-state index is 0.124. The highest BCUT2D eigenvalue weighted by molar-refractivity contribution is 7.79. The third kappa shape index (κ3) is 5.21. The van der Waals surface area contributed by atoms with Crippen molar-refractivity contribution in [1.29, 1.82) is 0 Å². The zero-order chi connectivity index (χ0) is 28.4. The minimum atomic E-state index is -0.549. The molecule has 0 bridgehead atoms. The fourth-order valence-corrected chi connectivity index (χ4v) is 5.98. The van der Waals surface area contributed by atoms with Gasteiger partial charge in [-0.05, 0) is 65.7 Å². The van der Waals surface area contributed by atoms with E-state index in [9.17, 15) is 4.79 Å². The SMILES string of the molecule is CN(C)c1ccc(NC(=O)N2CCC[C@](C=S)(c3nc(-c4ccc(-c5ccccc5)cc4)c4ccccn34)C2)cc1. The van der Waals surface area contributed by atoms with E-state index in [1.165, 1.54) is 11.1 Å². The molecule has 1 aliphatic heterocycles. The van der Waals surface area contributed by atoms with Gasteiger partial charge in [-0.2, -0.15) is 0 Å². The van der Waals surface area contributed by atoms with Gasteiger partial charge in [-0.3, -0.25) is 0 Å². The monoisotopic (exact) mass is 559 g/mol. The molecule has 0 spiro atoms. The maximum Gasteiger partial charge on any atom is 0.321 e. The van der Waals surface area contributed by atoms with E-state index in [0.717, 1.165) is 46.8 Å². The van der Waals surface area contributed by atoms with Crippen LogP contribution in [0, 0.1) is 0 Å². The van der Waals surface area contributed by atoms with E-state index in [0.29, 0.717) is 13.1 Å². The van der Waals surface area contributed by atoms with Crippen LogP contribution in [-0.4, -0.2) is 52.9 Å². The number of fused-ring (bicyclic) bond motifs is 1. The molecule has 3 aromatic carbocycles. The molecular weight excluding hydrogens is 526 g/mol. The lowest BCUT2D eigenvalue weighted by atomic mass is 9.81. The van der Waals surface area contributed by atoms with Crippen LogP contribution in [0.2, 0.25) is 0 Å². The number of urea groups is 1. The number of anilines is 2. The first-order valence-electron chi connectivity index (χ1n) is 13.9. The molecule has 6 rings (SSSR count). The van der Waals surface area contributed by atoms with Crippen molar-refractivity contribution >= 4 is 40.5 Å². The quantitative estimate of drug-likeness (QED) is 0.222. The molecule has 6 nitrogen and oxygen atoms in total. The number of nitrogens with zero attached hydrogens (tertiary/aromatic N) is 4. The van der Waals surface area contributed by atoms with Crippen molar-refractivity contribution in [3.8, 4) is 22.4 Å².